The highest BCUT2D eigenvalue weighted by Crippen LogP contribution is 2.26. The first kappa shape index (κ1) is 12.4. The molecule has 0 aliphatic heterocycles. The van der Waals surface area contributed by atoms with E-state index in [1.165, 1.54) is 22.1 Å². The van der Waals surface area contributed by atoms with Crippen molar-refractivity contribution in [1.82, 2.24) is 4.98 Å². The van der Waals surface area contributed by atoms with Crippen molar-refractivity contribution >= 4 is 22.5 Å². The number of fused-ring (bicyclic) bond motifs is 1. The maximum absolute atomic E-state index is 6.06. The molecule has 0 saturated carbocycles. The molecule has 2 heteroatoms. The number of rotatable bonds is 2. The fourth-order valence-corrected chi connectivity index (χ4v) is 2.40. The van der Waals surface area contributed by atoms with E-state index in [4.69, 9.17) is 16.6 Å². The van der Waals surface area contributed by atoms with Gasteiger partial charge >= 0.3 is 0 Å². The molecule has 0 radical (unpaired) electrons. The zero-order chi connectivity index (χ0) is 12.6. The zero-order valence-electron chi connectivity index (χ0n) is 10.8. The van der Waals surface area contributed by atoms with Crippen molar-refractivity contribution < 1.29 is 0 Å². The van der Waals surface area contributed by atoms with Crippen LogP contribution in [0.15, 0.2) is 18.2 Å². The Balaban J connectivity index is 2.82. The second-order valence-electron chi connectivity index (χ2n) is 4.97. The smallest absolute Gasteiger partial charge is 0.0737 e. The maximum atomic E-state index is 6.06. The molecule has 0 saturated heterocycles. The number of benzene rings is 1. The molecule has 0 N–H and O–H groups in total. The summed E-state index contributed by atoms with van der Waals surface area (Å²) in [5.41, 5.74) is 5.90. The van der Waals surface area contributed by atoms with Gasteiger partial charge in [-0.15, -0.1) is 11.6 Å². The third-order valence-electron chi connectivity index (χ3n) is 3.09. The van der Waals surface area contributed by atoms with Crippen molar-refractivity contribution in [3.8, 4) is 0 Å². The molecule has 1 aromatic carbocycles. The highest BCUT2D eigenvalue weighted by atomic mass is 35.5. The van der Waals surface area contributed by atoms with Crippen molar-refractivity contribution in [1.29, 1.82) is 0 Å². The summed E-state index contributed by atoms with van der Waals surface area (Å²) < 4.78 is 0. The van der Waals surface area contributed by atoms with Gasteiger partial charge in [-0.2, -0.15) is 0 Å². The number of aryl methyl sites for hydroxylation is 2. The van der Waals surface area contributed by atoms with Gasteiger partial charge in [0.05, 0.1) is 5.52 Å². The Morgan fingerprint density at radius 1 is 1.18 bits per heavy atom. The molecular formula is C15H18ClN. The number of halogens is 1. The van der Waals surface area contributed by atoms with E-state index in [9.17, 15) is 0 Å². The van der Waals surface area contributed by atoms with Crippen LogP contribution in [-0.2, 0) is 5.88 Å². The van der Waals surface area contributed by atoms with Gasteiger partial charge in [0.25, 0.3) is 0 Å². The highest BCUT2D eigenvalue weighted by molar-refractivity contribution is 6.18. The number of nitrogens with zero attached hydrogens (tertiary/aromatic N) is 1. The summed E-state index contributed by atoms with van der Waals surface area (Å²) in [5.74, 6) is 0.976. The Labute approximate surface area is 108 Å². The minimum absolute atomic E-state index is 0.432. The molecule has 90 valence electrons. The average molecular weight is 248 g/mol. The highest BCUT2D eigenvalue weighted by Gasteiger charge is 2.10. The number of pyridine rings is 1. The third kappa shape index (κ3) is 2.30. The van der Waals surface area contributed by atoms with Gasteiger partial charge in [0.1, 0.15) is 0 Å². The van der Waals surface area contributed by atoms with Crippen molar-refractivity contribution in [2.75, 3.05) is 0 Å². The topological polar surface area (TPSA) is 12.9 Å². The third-order valence-corrected chi connectivity index (χ3v) is 3.38. The number of alkyl halides is 1. The molecule has 0 bridgehead atoms. The van der Waals surface area contributed by atoms with Crippen LogP contribution in [0.4, 0.5) is 0 Å². The van der Waals surface area contributed by atoms with E-state index in [2.05, 4.69) is 45.9 Å². The van der Waals surface area contributed by atoms with Gasteiger partial charge in [-0.05, 0) is 43.0 Å². The summed E-state index contributed by atoms with van der Waals surface area (Å²) in [4.78, 5) is 4.77. The van der Waals surface area contributed by atoms with E-state index in [-0.39, 0.29) is 0 Å². The lowest BCUT2D eigenvalue weighted by Gasteiger charge is -2.12. The lowest BCUT2D eigenvalue weighted by molar-refractivity contribution is 0.827. The van der Waals surface area contributed by atoms with E-state index in [1.807, 2.05) is 0 Å². The second kappa shape index (κ2) is 4.66. The molecule has 17 heavy (non-hydrogen) atoms. The van der Waals surface area contributed by atoms with Crippen LogP contribution in [0.3, 0.4) is 0 Å². The standard InChI is InChI=1S/C15H18ClN/c1-9(2)14-7-12(8-16)13-6-10(3)5-11(4)15(13)17-14/h5-7,9H,8H2,1-4H3. The molecule has 1 nitrogen and oxygen atoms in total. The lowest BCUT2D eigenvalue weighted by Crippen LogP contribution is -1.98. The quantitative estimate of drug-likeness (QED) is 0.700. The van der Waals surface area contributed by atoms with Gasteiger partial charge in [-0.1, -0.05) is 25.5 Å². The second-order valence-corrected chi connectivity index (χ2v) is 5.24. The molecule has 2 rings (SSSR count). The molecule has 0 aliphatic carbocycles. The summed E-state index contributed by atoms with van der Waals surface area (Å²) in [5, 5.41) is 1.20. The van der Waals surface area contributed by atoms with Crippen molar-refractivity contribution in [2.24, 2.45) is 0 Å². The van der Waals surface area contributed by atoms with Crippen LogP contribution in [0.25, 0.3) is 10.9 Å². The van der Waals surface area contributed by atoms with Gasteiger partial charge in [-0.25, -0.2) is 0 Å². The Morgan fingerprint density at radius 3 is 2.47 bits per heavy atom. The SMILES string of the molecule is Cc1cc(C)c2nc(C(C)C)cc(CCl)c2c1. The van der Waals surface area contributed by atoms with Crippen LogP contribution in [-0.4, -0.2) is 4.98 Å². The summed E-state index contributed by atoms with van der Waals surface area (Å²) in [6.45, 7) is 8.55. The van der Waals surface area contributed by atoms with Crippen LogP contribution in [0.5, 0.6) is 0 Å². The molecule has 2 aromatic rings. The van der Waals surface area contributed by atoms with E-state index < -0.39 is 0 Å². The summed E-state index contributed by atoms with van der Waals surface area (Å²) in [7, 11) is 0. The lowest BCUT2D eigenvalue weighted by atomic mass is 10.00. The Bertz CT molecular complexity index is 558. The summed E-state index contributed by atoms with van der Waals surface area (Å²) in [6.07, 6.45) is 0. The molecule has 1 aromatic heterocycles. The van der Waals surface area contributed by atoms with Crippen LogP contribution in [0, 0.1) is 13.8 Å². The van der Waals surface area contributed by atoms with Crippen molar-refractivity contribution in [3.63, 3.8) is 0 Å². The van der Waals surface area contributed by atoms with Crippen LogP contribution in [0.1, 0.15) is 42.1 Å². The van der Waals surface area contributed by atoms with E-state index in [0.29, 0.717) is 11.8 Å². The fraction of sp³-hybridized carbons (Fsp3) is 0.400. The molecule has 0 unspecified atom stereocenters. The Morgan fingerprint density at radius 2 is 1.88 bits per heavy atom. The van der Waals surface area contributed by atoms with Crippen molar-refractivity contribution in [2.45, 2.75) is 39.5 Å². The molecule has 0 atom stereocenters. The van der Waals surface area contributed by atoms with Gasteiger partial charge < -0.3 is 0 Å². The first-order chi connectivity index (χ1) is 8.02. The fourth-order valence-electron chi connectivity index (χ4n) is 2.18. The number of aromatic nitrogens is 1. The Kier molecular flexibility index (Phi) is 3.39. The molecule has 0 amide bonds. The van der Waals surface area contributed by atoms with Gasteiger partial charge in [0, 0.05) is 17.0 Å². The normalized spacial score (nSPS) is 11.4. The first-order valence-corrected chi connectivity index (χ1v) is 6.53. The molecule has 0 spiro atoms. The molecule has 0 fully saturated rings. The number of hydrogen-bond donors (Lipinski definition) is 0. The van der Waals surface area contributed by atoms with Gasteiger partial charge in [0.2, 0.25) is 0 Å². The summed E-state index contributed by atoms with van der Waals surface area (Å²) >= 11 is 6.06. The minimum atomic E-state index is 0.432. The van der Waals surface area contributed by atoms with Crippen LogP contribution in [0.2, 0.25) is 0 Å². The first-order valence-electron chi connectivity index (χ1n) is 5.99. The van der Waals surface area contributed by atoms with E-state index in [0.717, 1.165) is 11.2 Å². The van der Waals surface area contributed by atoms with Crippen molar-refractivity contribution in [3.05, 3.63) is 40.6 Å². The molecule has 1 heterocycles. The summed E-state index contributed by atoms with van der Waals surface area (Å²) in [6, 6.07) is 6.49. The number of hydrogen-bond acceptors (Lipinski definition) is 1. The zero-order valence-corrected chi connectivity index (χ0v) is 11.6. The van der Waals surface area contributed by atoms with Gasteiger partial charge in [-0.3, -0.25) is 4.98 Å². The van der Waals surface area contributed by atoms with Crippen LogP contribution >= 0.6 is 11.6 Å². The largest absolute Gasteiger partial charge is 0.252 e. The van der Waals surface area contributed by atoms with E-state index >= 15 is 0 Å². The van der Waals surface area contributed by atoms with Crippen LogP contribution < -0.4 is 0 Å². The molecular weight excluding hydrogens is 230 g/mol. The van der Waals surface area contributed by atoms with Gasteiger partial charge in [0.15, 0.2) is 0 Å². The predicted molar refractivity (Wildman–Crippen MR) is 74.9 cm³/mol. The maximum Gasteiger partial charge on any atom is 0.0737 e. The molecule has 0 aliphatic rings. The predicted octanol–water partition coefficient (Wildman–Crippen LogP) is 4.71. The average Bonchev–Trinajstić information content (AvgIpc) is 2.27. The minimum Gasteiger partial charge on any atom is -0.252 e. The van der Waals surface area contributed by atoms with E-state index in [1.54, 1.807) is 0 Å². The Hall–Kier alpha value is -1.08. The monoisotopic (exact) mass is 247 g/mol.